The molecule has 0 saturated heterocycles. The Kier molecular flexibility index (Phi) is 2.42. The van der Waals surface area contributed by atoms with Gasteiger partial charge in [0, 0.05) is 12.0 Å². The largest absolute Gasteiger partial charge is 0.327 e. The van der Waals surface area contributed by atoms with Gasteiger partial charge in [-0.1, -0.05) is 29.8 Å². The molecule has 1 nitrogen and oxygen atoms in total. The first-order valence-corrected chi connectivity index (χ1v) is 5.16. The highest BCUT2D eigenvalue weighted by atomic mass is 14.7. The third-order valence-corrected chi connectivity index (χ3v) is 3.00. The molecule has 0 radical (unpaired) electrons. The summed E-state index contributed by atoms with van der Waals surface area (Å²) in [5.74, 6) is 0.558. The first kappa shape index (κ1) is 9.47. The van der Waals surface area contributed by atoms with Crippen LogP contribution in [-0.4, -0.2) is 6.04 Å². The molecule has 74 valence electrons. The van der Waals surface area contributed by atoms with Crippen LogP contribution in [-0.2, 0) is 6.42 Å². The lowest BCUT2D eigenvalue weighted by Crippen LogP contribution is -2.35. The summed E-state index contributed by atoms with van der Waals surface area (Å²) in [5.41, 5.74) is 10.2. The first-order chi connectivity index (χ1) is 6.68. The van der Waals surface area contributed by atoms with Crippen LogP contribution in [0.1, 0.15) is 30.4 Å². The van der Waals surface area contributed by atoms with Gasteiger partial charge in [0.2, 0.25) is 0 Å². The maximum Gasteiger partial charge on any atom is 0.0148 e. The van der Waals surface area contributed by atoms with Gasteiger partial charge >= 0.3 is 0 Å². The summed E-state index contributed by atoms with van der Waals surface area (Å²) in [5, 5.41) is 0. The number of fused-ring (bicyclic) bond motifs is 1. The summed E-state index contributed by atoms with van der Waals surface area (Å²) >= 11 is 0. The second kappa shape index (κ2) is 3.58. The molecule has 2 rings (SSSR count). The van der Waals surface area contributed by atoms with Crippen LogP contribution in [0.15, 0.2) is 36.4 Å². The molecular weight excluding hydrogens is 170 g/mol. The number of hydrogen-bond acceptors (Lipinski definition) is 1. The van der Waals surface area contributed by atoms with Gasteiger partial charge in [-0.2, -0.15) is 0 Å². The zero-order valence-corrected chi connectivity index (χ0v) is 8.66. The van der Waals surface area contributed by atoms with Gasteiger partial charge in [-0.05, 0) is 30.9 Å². The Morgan fingerprint density at radius 1 is 1.57 bits per heavy atom. The van der Waals surface area contributed by atoms with Gasteiger partial charge in [0.25, 0.3) is 0 Å². The third kappa shape index (κ3) is 1.60. The van der Waals surface area contributed by atoms with Crippen molar-refractivity contribution < 1.29 is 0 Å². The van der Waals surface area contributed by atoms with Gasteiger partial charge in [0.15, 0.2) is 0 Å². The molecule has 1 aromatic rings. The van der Waals surface area contributed by atoms with E-state index < -0.39 is 0 Å². The van der Waals surface area contributed by atoms with Gasteiger partial charge in [0.05, 0.1) is 0 Å². The zero-order valence-electron chi connectivity index (χ0n) is 8.66. The highest BCUT2D eigenvalue weighted by molar-refractivity contribution is 5.41. The minimum atomic E-state index is 0.252. The van der Waals surface area contributed by atoms with Crippen molar-refractivity contribution in [3.05, 3.63) is 47.5 Å². The van der Waals surface area contributed by atoms with Gasteiger partial charge in [-0.3, -0.25) is 0 Å². The standard InChI is InChI=1S/C13H17N/c1-9(2)7-13(14)12-8-10-5-3-4-6-11(10)12/h3-6,12-13H,1,7-8,14H2,2H3. The lowest BCUT2D eigenvalue weighted by atomic mass is 9.72. The lowest BCUT2D eigenvalue weighted by molar-refractivity contribution is 0.480. The second-order valence-electron chi connectivity index (χ2n) is 4.33. The van der Waals surface area contributed by atoms with E-state index >= 15 is 0 Å². The smallest absolute Gasteiger partial charge is 0.0148 e. The molecule has 0 heterocycles. The van der Waals surface area contributed by atoms with Crippen molar-refractivity contribution in [2.75, 3.05) is 0 Å². The van der Waals surface area contributed by atoms with Gasteiger partial charge in [0.1, 0.15) is 0 Å². The Bertz CT molecular complexity index is 354. The van der Waals surface area contributed by atoms with E-state index in [0.717, 1.165) is 12.8 Å². The van der Waals surface area contributed by atoms with Crippen molar-refractivity contribution in [2.24, 2.45) is 5.73 Å². The highest BCUT2D eigenvalue weighted by Gasteiger charge is 2.30. The Morgan fingerprint density at radius 3 is 2.93 bits per heavy atom. The summed E-state index contributed by atoms with van der Waals surface area (Å²) in [4.78, 5) is 0. The van der Waals surface area contributed by atoms with Crippen LogP contribution in [0.5, 0.6) is 0 Å². The Labute approximate surface area is 85.6 Å². The van der Waals surface area contributed by atoms with Crippen LogP contribution in [0.4, 0.5) is 0 Å². The van der Waals surface area contributed by atoms with Crippen molar-refractivity contribution in [2.45, 2.75) is 31.7 Å². The minimum absolute atomic E-state index is 0.252. The van der Waals surface area contributed by atoms with Crippen LogP contribution in [0.25, 0.3) is 0 Å². The monoisotopic (exact) mass is 187 g/mol. The second-order valence-corrected chi connectivity index (χ2v) is 4.33. The predicted molar refractivity (Wildman–Crippen MR) is 60.3 cm³/mol. The van der Waals surface area contributed by atoms with Crippen LogP contribution in [0.2, 0.25) is 0 Å². The van der Waals surface area contributed by atoms with Crippen LogP contribution < -0.4 is 5.73 Å². The van der Waals surface area contributed by atoms with Crippen molar-refractivity contribution >= 4 is 0 Å². The summed E-state index contributed by atoms with van der Waals surface area (Å²) in [7, 11) is 0. The summed E-state index contributed by atoms with van der Waals surface area (Å²) in [6.07, 6.45) is 2.09. The lowest BCUT2D eigenvalue weighted by Gasteiger charge is -2.34. The van der Waals surface area contributed by atoms with Crippen LogP contribution in [0, 0.1) is 0 Å². The molecule has 2 unspecified atom stereocenters. The number of benzene rings is 1. The van der Waals surface area contributed by atoms with E-state index in [1.165, 1.54) is 16.7 Å². The Hall–Kier alpha value is -1.08. The SMILES string of the molecule is C=C(C)CC(N)C1Cc2ccccc21. The molecule has 0 amide bonds. The van der Waals surface area contributed by atoms with Crippen molar-refractivity contribution in [3.8, 4) is 0 Å². The fourth-order valence-electron chi connectivity index (χ4n) is 2.22. The molecule has 1 aliphatic carbocycles. The summed E-state index contributed by atoms with van der Waals surface area (Å²) in [6.45, 7) is 5.96. The minimum Gasteiger partial charge on any atom is -0.327 e. The maximum atomic E-state index is 6.13. The maximum absolute atomic E-state index is 6.13. The number of hydrogen-bond donors (Lipinski definition) is 1. The van der Waals surface area contributed by atoms with Gasteiger partial charge in [-0.25, -0.2) is 0 Å². The fraction of sp³-hybridized carbons (Fsp3) is 0.385. The van der Waals surface area contributed by atoms with Crippen LogP contribution >= 0.6 is 0 Å². The predicted octanol–water partition coefficient (Wildman–Crippen LogP) is 2.62. The Balaban J connectivity index is 2.07. The highest BCUT2D eigenvalue weighted by Crippen LogP contribution is 2.37. The normalized spacial score (nSPS) is 20.9. The molecule has 1 aliphatic rings. The average Bonchev–Trinajstić information content (AvgIpc) is 2.05. The molecule has 0 saturated carbocycles. The van der Waals surface area contributed by atoms with Crippen LogP contribution in [0.3, 0.4) is 0 Å². The fourth-order valence-corrected chi connectivity index (χ4v) is 2.22. The molecule has 2 atom stereocenters. The van der Waals surface area contributed by atoms with E-state index in [9.17, 15) is 0 Å². The van der Waals surface area contributed by atoms with E-state index in [1.54, 1.807) is 0 Å². The molecule has 0 fully saturated rings. The molecular formula is C13H17N. The Morgan fingerprint density at radius 2 is 2.29 bits per heavy atom. The number of rotatable bonds is 3. The summed E-state index contributed by atoms with van der Waals surface area (Å²) < 4.78 is 0. The van der Waals surface area contributed by atoms with E-state index in [2.05, 4.69) is 30.8 Å². The third-order valence-electron chi connectivity index (χ3n) is 3.00. The van der Waals surface area contributed by atoms with E-state index in [4.69, 9.17) is 5.73 Å². The molecule has 2 N–H and O–H groups in total. The molecule has 0 bridgehead atoms. The van der Waals surface area contributed by atoms with Gasteiger partial charge < -0.3 is 5.73 Å². The zero-order chi connectivity index (χ0) is 10.1. The van der Waals surface area contributed by atoms with E-state index in [1.807, 2.05) is 6.92 Å². The molecule has 14 heavy (non-hydrogen) atoms. The molecule has 0 aliphatic heterocycles. The molecule has 1 heteroatoms. The molecule has 0 aromatic heterocycles. The first-order valence-electron chi connectivity index (χ1n) is 5.16. The number of nitrogens with two attached hydrogens (primary N) is 1. The van der Waals surface area contributed by atoms with Gasteiger partial charge in [-0.15, -0.1) is 6.58 Å². The topological polar surface area (TPSA) is 26.0 Å². The molecule has 1 aromatic carbocycles. The summed E-state index contributed by atoms with van der Waals surface area (Å²) in [6, 6.07) is 8.83. The van der Waals surface area contributed by atoms with Crippen molar-refractivity contribution in [1.82, 2.24) is 0 Å². The quantitative estimate of drug-likeness (QED) is 0.723. The van der Waals surface area contributed by atoms with Crippen molar-refractivity contribution in [3.63, 3.8) is 0 Å². The average molecular weight is 187 g/mol. The molecule has 0 spiro atoms. The van der Waals surface area contributed by atoms with E-state index in [-0.39, 0.29) is 6.04 Å². The van der Waals surface area contributed by atoms with Crippen molar-refractivity contribution in [1.29, 1.82) is 0 Å². The van der Waals surface area contributed by atoms with E-state index in [0.29, 0.717) is 5.92 Å².